The Morgan fingerprint density at radius 2 is 1.65 bits per heavy atom. The molecule has 1 aromatic rings. The van der Waals surface area contributed by atoms with Gasteiger partial charge in [0.1, 0.15) is 6.04 Å². The predicted octanol–water partition coefficient (Wildman–Crippen LogP) is 1.20. The number of carbonyl (C=O) groups excluding carboxylic acids is 4. The molecule has 1 fully saturated rings. The van der Waals surface area contributed by atoms with E-state index in [2.05, 4.69) is 17.1 Å². The Balaban J connectivity index is 1.59. The van der Waals surface area contributed by atoms with E-state index in [9.17, 15) is 19.2 Å². The number of carbonyl (C=O) groups is 4. The standard InChI is InChI=1S/C19H21N3O4/c1-2-3-6-21-9-11-7-13-14(8-12(11)10-21)19(26)22(18(13)25)15-4-5-16(23)20-17(15)24/h7-8,15H,2-6,9-10H2,1H3,(H,20,23,24). The first-order valence-electron chi connectivity index (χ1n) is 9.09. The maximum Gasteiger partial charge on any atom is 0.262 e. The van der Waals surface area contributed by atoms with Gasteiger partial charge >= 0.3 is 0 Å². The van der Waals surface area contributed by atoms with Gasteiger partial charge in [-0.1, -0.05) is 13.3 Å². The van der Waals surface area contributed by atoms with E-state index in [0.29, 0.717) is 11.1 Å². The molecule has 0 aliphatic carbocycles. The van der Waals surface area contributed by atoms with E-state index in [4.69, 9.17) is 0 Å². The molecule has 7 nitrogen and oxygen atoms in total. The van der Waals surface area contributed by atoms with Crippen LogP contribution in [-0.2, 0) is 22.7 Å². The van der Waals surface area contributed by atoms with Crippen LogP contribution in [0.25, 0.3) is 0 Å². The molecule has 3 aliphatic heterocycles. The number of fused-ring (bicyclic) bond motifs is 2. The van der Waals surface area contributed by atoms with Crippen molar-refractivity contribution in [1.82, 2.24) is 15.1 Å². The number of imide groups is 2. The summed E-state index contributed by atoms with van der Waals surface area (Å²) in [6, 6.07) is 2.71. The first-order valence-corrected chi connectivity index (χ1v) is 9.09. The number of unbranched alkanes of at least 4 members (excludes halogenated alkanes) is 1. The van der Waals surface area contributed by atoms with Crippen molar-refractivity contribution in [1.29, 1.82) is 0 Å². The minimum Gasteiger partial charge on any atom is -0.295 e. The number of nitrogens with zero attached hydrogens (tertiary/aromatic N) is 2. The van der Waals surface area contributed by atoms with Crippen molar-refractivity contribution in [3.8, 4) is 0 Å². The van der Waals surface area contributed by atoms with Gasteiger partial charge < -0.3 is 0 Å². The second kappa shape index (κ2) is 6.32. The highest BCUT2D eigenvalue weighted by Gasteiger charge is 2.45. The summed E-state index contributed by atoms with van der Waals surface area (Å²) in [6.45, 7) is 4.71. The highest BCUT2D eigenvalue weighted by atomic mass is 16.2. The van der Waals surface area contributed by atoms with E-state index >= 15 is 0 Å². The second-order valence-corrected chi connectivity index (χ2v) is 7.18. The van der Waals surface area contributed by atoms with Crippen LogP contribution in [0, 0.1) is 0 Å². The summed E-state index contributed by atoms with van der Waals surface area (Å²) in [5, 5.41) is 2.21. The lowest BCUT2D eigenvalue weighted by Crippen LogP contribution is -2.54. The molecule has 0 bridgehead atoms. The molecule has 1 saturated heterocycles. The molecular formula is C19H21N3O4. The topological polar surface area (TPSA) is 86.8 Å². The lowest BCUT2D eigenvalue weighted by Gasteiger charge is -2.27. The number of nitrogens with one attached hydrogen (secondary N) is 1. The van der Waals surface area contributed by atoms with Gasteiger partial charge in [-0.25, -0.2) is 0 Å². The van der Waals surface area contributed by atoms with Crippen LogP contribution < -0.4 is 5.32 Å². The van der Waals surface area contributed by atoms with Crippen molar-refractivity contribution in [2.75, 3.05) is 6.54 Å². The first-order chi connectivity index (χ1) is 12.5. The Morgan fingerprint density at radius 3 is 2.19 bits per heavy atom. The molecule has 1 N–H and O–H groups in total. The van der Waals surface area contributed by atoms with Gasteiger partial charge in [0.05, 0.1) is 11.1 Å². The maximum atomic E-state index is 12.8. The lowest BCUT2D eigenvalue weighted by molar-refractivity contribution is -0.136. The van der Waals surface area contributed by atoms with Crippen molar-refractivity contribution in [3.05, 3.63) is 34.4 Å². The SMILES string of the molecule is CCCCN1Cc2cc3c(cc2C1)C(=O)N(C1CCC(=O)NC1=O)C3=O. The van der Waals surface area contributed by atoms with Gasteiger partial charge in [-0.15, -0.1) is 0 Å². The third kappa shape index (κ3) is 2.63. The van der Waals surface area contributed by atoms with Gasteiger partial charge in [0, 0.05) is 19.5 Å². The Hall–Kier alpha value is -2.54. The number of hydrogen-bond acceptors (Lipinski definition) is 5. The molecule has 0 spiro atoms. The highest BCUT2D eigenvalue weighted by molar-refractivity contribution is 6.23. The molecule has 7 heteroatoms. The Morgan fingerprint density at radius 1 is 1.04 bits per heavy atom. The summed E-state index contributed by atoms with van der Waals surface area (Å²) in [7, 11) is 0. The maximum absolute atomic E-state index is 12.8. The zero-order valence-electron chi connectivity index (χ0n) is 14.7. The summed E-state index contributed by atoms with van der Waals surface area (Å²) in [5.74, 6) is -1.81. The van der Waals surface area contributed by atoms with E-state index in [0.717, 1.165) is 48.5 Å². The summed E-state index contributed by atoms with van der Waals surface area (Å²) in [6.07, 6.45) is 2.56. The van der Waals surface area contributed by atoms with Crippen LogP contribution in [0.5, 0.6) is 0 Å². The van der Waals surface area contributed by atoms with E-state index in [-0.39, 0.29) is 18.7 Å². The third-order valence-corrected chi connectivity index (χ3v) is 5.38. The highest BCUT2D eigenvalue weighted by Crippen LogP contribution is 2.33. The molecule has 4 amide bonds. The fourth-order valence-corrected chi connectivity index (χ4v) is 3.98. The number of hydrogen-bond donors (Lipinski definition) is 1. The smallest absolute Gasteiger partial charge is 0.262 e. The predicted molar refractivity (Wildman–Crippen MR) is 92.1 cm³/mol. The van der Waals surface area contributed by atoms with Gasteiger partial charge in [-0.2, -0.15) is 0 Å². The molecule has 26 heavy (non-hydrogen) atoms. The van der Waals surface area contributed by atoms with Gasteiger partial charge in [-0.3, -0.25) is 34.3 Å². The van der Waals surface area contributed by atoms with Crippen molar-refractivity contribution in [2.24, 2.45) is 0 Å². The lowest BCUT2D eigenvalue weighted by atomic mass is 10.0. The summed E-state index contributed by atoms with van der Waals surface area (Å²) in [5.41, 5.74) is 2.89. The summed E-state index contributed by atoms with van der Waals surface area (Å²) < 4.78 is 0. The van der Waals surface area contributed by atoms with Gasteiger partial charge in [-0.05, 0) is 42.6 Å². The number of piperidine rings is 1. The normalized spacial score (nSPS) is 22.7. The van der Waals surface area contributed by atoms with Gasteiger partial charge in [0.15, 0.2) is 0 Å². The molecule has 1 atom stereocenters. The van der Waals surface area contributed by atoms with E-state index in [1.165, 1.54) is 0 Å². The largest absolute Gasteiger partial charge is 0.295 e. The summed E-state index contributed by atoms with van der Waals surface area (Å²) in [4.78, 5) is 52.4. The molecule has 4 rings (SSSR count). The van der Waals surface area contributed by atoms with E-state index in [1.807, 2.05) is 12.1 Å². The Labute approximate surface area is 151 Å². The van der Waals surface area contributed by atoms with Crippen molar-refractivity contribution < 1.29 is 19.2 Å². The zero-order valence-corrected chi connectivity index (χ0v) is 14.7. The quantitative estimate of drug-likeness (QED) is 0.820. The molecule has 1 aromatic carbocycles. The van der Waals surface area contributed by atoms with Crippen molar-refractivity contribution in [3.63, 3.8) is 0 Å². The van der Waals surface area contributed by atoms with E-state index in [1.54, 1.807) is 0 Å². The van der Waals surface area contributed by atoms with Crippen LogP contribution in [0.2, 0.25) is 0 Å². The van der Waals surface area contributed by atoms with Crippen LogP contribution in [-0.4, -0.2) is 46.0 Å². The number of amides is 4. The molecule has 3 aliphatic rings. The minimum absolute atomic E-state index is 0.132. The minimum atomic E-state index is -0.906. The van der Waals surface area contributed by atoms with Crippen LogP contribution in [0.15, 0.2) is 12.1 Å². The average molecular weight is 355 g/mol. The molecule has 1 unspecified atom stereocenters. The van der Waals surface area contributed by atoms with Crippen molar-refractivity contribution >= 4 is 23.6 Å². The zero-order chi connectivity index (χ0) is 18.4. The van der Waals surface area contributed by atoms with Crippen LogP contribution in [0.1, 0.15) is 64.4 Å². The van der Waals surface area contributed by atoms with Crippen molar-refractivity contribution in [2.45, 2.75) is 51.7 Å². The molecular weight excluding hydrogens is 334 g/mol. The monoisotopic (exact) mass is 355 g/mol. The van der Waals surface area contributed by atoms with Crippen LogP contribution in [0.4, 0.5) is 0 Å². The molecule has 0 aromatic heterocycles. The second-order valence-electron chi connectivity index (χ2n) is 7.18. The Bertz CT molecular complexity index is 787. The molecule has 0 saturated carbocycles. The average Bonchev–Trinajstić information content (AvgIpc) is 3.11. The third-order valence-electron chi connectivity index (χ3n) is 5.38. The fraction of sp³-hybridized carbons (Fsp3) is 0.474. The fourth-order valence-electron chi connectivity index (χ4n) is 3.98. The molecule has 3 heterocycles. The summed E-state index contributed by atoms with van der Waals surface area (Å²) >= 11 is 0. The van der Waals surface area contributed by atoms with Gasteiger partial charge in [0.2, 0.25) is 11.8 Å². The van der Waals surface area contributed by atoms with Crippen LogP contribution >= 0.6 is 0 Å². The number of benzene rings is 1. The Kier molecular flexibility index (Phi) is 4.11. The number of rotatable bonds is 4. The van der Waals surface area contributed by atoms with Crippen LogP contribution in [0.3, 0.4) is 0 Å². The molecule has 0 radical (unpaired) electrons. The van der Waals surface area contributed by atoms with Gasteiger partial charge in [0.25, 0.3) is 11.8 Å². The molecule has 136 valence electrons. The first kappa shape index (κ1) is 16.9. The van der Waals surface area contributed by atoms with E-state index < -0.39 is 23.8 Å².